The summed E-state index contributed by atoms with van der Waals surface area (Å²) in [7, 11) is 2.18. The van der Waals surface area contributed by atoms with Gasteiger partial charge in [-0.3, -0.25) is 4.90 Å². The summed E-state index contributed by atoms with van der Waals surface area (Å²) in [6.45, 7) is 5.48. The van der Waals surface area contributed by atoms with Gasteiger partial charge in [0, 0.05) is 34.4 Å². The van der Waals surface area contributed by atoms with Crippen LogP contribution in [0.5, 0.6) is 0 Å². The molecule has 0 amide bonds. The molecule has 18 heavy (non-hydrogen) atoms. The molecule has 0 aliphatic carbocycles. The van der Waals surface area contributed by atoms with E-state index in [4.69, 9.17) is 5.73 Å². The molecule has 102 valence electrons. The monoisotopic (exact) mass is 331 g/mol. The standard InChI is InChI=1S/C13H22BrN3S/c1-16(6-7-17-4-2-3-5-17)12(9-15)13-8-11(14)10-18-13/h8,10,12H,2-7,9,15H2,1H3. The summed E-state index contributed by atoms with van der Waals surface area (Å²) in [6.07, 6.45) is 2.73. The van der Waals surface area contributed by atoms with Crippen molar-refractivity contribution in [1.29, 1.82) is 0 Å². The molecular formula is C13H22BrN3S. The van der Waals surface area contributed by atoms with Crippen LogP contribution in [0.25, 0.3) is 0 Å². The number of thiophene rings is 1. The van der Waals surface area contributed by atoms with Crippen LogP contribution < -0.4 is 5.73 Å². The first-order valence-corrected chi connectivity index (χ1v) is 8.24. The molecule has 1 saturated heterocycles. The van der Waals surface area contributed by atoms with Gasteiger partial charge in [0.05, 0.1) is 6.04 Å². The molecule has 1 aromatic heterocycles. The molecule has 1 atom stereocenters. The van der Waals surface area contributed by atoms with Gasteiger partial charge in [0.2, 0.25) is 0 Å². The molecule has 2 N–H and O–H groups in total. The van der Waals surface area contributed by atoms with Gasteiger partial charge in [-0.2, -0.15) is 0 Å². The fourth-order valence-electron chi connectivity index (χ4n) is 2.48. The number of nitrogens with two attached hydrogens (primary N) is 1. The molecule has 1 fully saturated rings. The second-order valence-corrected chi connectivity index (χ2v) is 6.81. The quantitative estimate of drug-likeness (QED) is 0.869. The molecule has 5 heteroatoms. The first-order chi connectivity index (χ1) is 8.70. The molecule has 0 radical (unpaired) electrons. The molecule has 0 bridgehead atoms. The van der Waals surface area contributed by atoms with E-state index in [0.29, 0.717) is 12.6 Å². The van der Waals surface area contributed by atoms with E-state index in [9.17, 15) is 0 Å². The highest BCUT2D eigenvalue weighted by molar-refractivity contribution is 9.10. The summed E-state index contributed by atoms with van der Waals surface area (Å²) >= 11 is 5.30. The van der Waals surface area contributed by atoms with Crippen molar-refractivity contribution in [3.63, 3.8) is 0 Å². The molecular weight excluding hydrogens is 310 g/mol. The summed E-state index contributed by atoms with van der Waals surface area (Å²) < 4.78 is 1.16. The number of hydrogen-bond acceptors (Lipinski definition) is 4. The molecule has 1 aromatic rings. The Labute approximate surface area is 122 Å². The minimum absolute atomic E-state index is 0.351. The van der Waals surface area contributed by atoms with E-state index in [1.54, 1.807) is 11.3 Å². The van der Waals surface area contributed by atoms with Gasteiger partial charge < -0.3 is 10.6 Å². The lowest BCUT2D eigenvalue weighted by atomic mass is 10.2. The predicted molar refractivity (Wildman–Crippen MR) is 82.1 cm³/mol. The van der Waals surface area contributed by atoms with E-state index >= 15 is 0 Å². The lowest BCUT2D eigenvalue weighted by molar-refractivity contribution is 0.211. The van der Waals surface area contributed by atoms with E-state index in [-0.39, 0.29) is 0 Å². The van der Waals surface area contributed by atoms with Crippen molar-refractivity contribution in [3.05, 3.63) is 20.8 Å². The first kappa shape index (κ1) is 14.5. The summed E-state index contributed by atoms with van der Waals surface area (Å²) in [4.78, 5) is 6.29. The van der Waals surface area contributed by atoms with Crippen molar-refractivity contribution in [2.24, 2.45) is 5.73 Å². The first-order valence-electron chi connectivity index (χ1n) is 6.57. The van der Waals surface area contributed by atoms with Gasteiger partial charge in [0.25, 0.3) is 0 Å². The Morgan fingerprint density at radius 3 is 2.78 bits per heavy atom. The Balaban J connectivity index is 1.86. The number of halogens is 1. The van der Waals surface area contributed by atoms with Crippen LogP contribution in [0.2, 0.25) is 0 Å². The van der Waals surface area contributed by atoms with E-state index in [1.165, 1.54) is 37.4 Å². The third-order valence-electron chi connectivity index (χ3n) is 3.64. The zero-order valence-corrected chi connectivity index (χ0v) is 13.3. The van der Waals surface area contributed by atoms with Crippen LogP contribution >= 0.6 is 27.3 Å². The summed E-state index contributed by atoms with van der Waals surface area (Å²) in [5.41, 5.74) is 5.93. The maximum absolute atomic E-state index is 5.93. The molecule has 2 rings (SSSR count). The molecule has 0 aromatic carbocycles. The van der Waals surface area contributed by atoms with E-state index < -0.39 is 0 Å². The number of likely N-dealkylation sites (N-methyl/N-ethyl adjacent to an activating group) is 1. The zero-order valence-electron chi connectivity index (χ0n) is 10.9. The Hall–Kier alpha value is 0.0600. The van der Waals surface area contributed by atoms with Gasteiger partial charge in [-0.1, -0.05) is 0 Å². The van der Waals surface area contributed by atoms with Gasteiger partial charge in [0.1, 0.15) is 0 Å². The van der Waals surface area contributed by atoms with Crippen LogP contribution in [0, 0.1) is 0 Å². The molecule has 1 unspecified atom stereocenters. The average Bonchev–Trinajstić information content (AvgIpc) is 2.99. The van der Waals surface area contributed by atoms with Crippen molar-refractivity contribution in [2.45, 2.75) is 18.9 Å². The number of rotatable bonds is 6. The minimum Gasteiger partial charge on any atom is -0.329 e. The van der Waals surface area contributed by atoms with Gasteiger partial charge in [0.15, 0.2) is 0 Å². The lowest BCUT2D eigenvalue weighted by Gasteiger charge is -2.28. The molecule has 2 heterocycles. The van der Waals surface area contributed by atoms with Gasteiger partial charge >= 0.3 is 0 Å². The number of hydrogen-bond donors (Lipinski definition) is 1. The van der Waals surface area contributed by atoms with Crippen molar-refractivity contribution >= 4 is 27.3 Å². The molecule has 1 aliphatic heterocycles. The smallest absolute Gasteiger partial charge is 0.0562 e. The maximum atomic E-state index is 5.93. The molecule has 3 nitrogen and oxygen atoms in total. The van der Waals surface area contributed by atoms with Crippen molar-refractivity contribution in [3.8, 4) is 0 Å². The van der Waals surface area contributed by atoms with Crippen molar-refractivity contribution in [2.75, 3.05) is 39.8 Å². The van der Waals surface area contributed by atoms with Crippen LogP contribution in [0.1, 0.15) is 23.8 Å². The van der Waals surface area contributed by atoms with Crippen LogP contribution in [0.4, 0.5) is 0 Å². The normalized spacial score (nSPS) is 18.7. The maximum Gasteiger partial charge on any atom is 0.0562 e. The second kappa shape index (κ2) is 7.01. The molecule has 0 spiro atoms. The largest absolute Gasteiger partial charge is 0.329 e. The van der Waals surface area contributed by atoms with Crippen LogP contribution in [-0.4, -0.2) is 49.6 Å². The number of likely N-dealkylation sites (tertiary alicyclic amines) is 1. The summed E-state index contributed by atoms with van der Waals surface area (Å²) in [5, 5.41) is 2.13. The highest BCUT2D eigenvalue weighted by Gasteiger charge is 2.19. The Morgan fingerprint density at radius 1 is 1.50 bits per heavy atom. The van der Waals surface area contributed by atoms with Crippen molar-refractivity contribution < 1.29 is 0 Å². The third-order valence-corrected chi connectivity index (χ3v) is 5.43. The van der Waals surface area contributed by atoms with E-state index in [1.807, 2.05) is 0 Å². The summed E-state index contributed by atoms with van der Waals surface area (Å²) in [5.74, 6) is 0. The number of nitrogens with zero attached hydrogens (tertiary/aromatic N) is 2. The Morgan fingerprint density at radius 2 is 2.22 bits per heavy atom. The molecule has 1 aliphatic rings. The van der Waals surface area contributed by atoms with Gasteiger partial charge in [-0.15, -0.1) is 11.3 Å². The second-order valence-electron chi connectivity index (χ2n) is 4.95. The minimum atomic E-state index is 0.351. The highest BCUT2D eigenvalue weighted by Crippen LogP contribution is 2.28. The topological polar surface area (TPSA) is 32.5 Å². The fourth-order valence-corrected chi connectivity index (χ4v) is 4.10. The zero-order chi connectivity index (χ0) is 13.0. The summed E-state index contributed by atoms with van der Waals surface area (Å²) in [6, 6.07) is 2.54. The van der Waals surface area contributed by atoms with E-state index in [0.717, 1.165) is 11.0 Å². The predicted octanol–water partition coefficient (Wildman–Crippen LogP) is 2.54. The van der Waals surface area contributed by atoms with Crippen molar-refractivity contribution in [1.82, 2.24) is 9.80 Å². The van der Waals surface area contributed by atoms with E-state index in [2.05, 4.69) is 44.2 Å². The van der Waals surface area contributed by atoms with Gasteiger partial charge in [-0.25, -0.2) is 0 Å². The molecule has 0 saturated carbocycles. The van der Waals surface area contributed by atoms with Crippen LogP contribution in [0.15, 0.2) is 15.9 Å². The van der Waals surface area contributed by atoms with Gasteiger partial charge in [-0.05, 0) is 55.0 Å². The average molecular weight is 332 g/mol. The Kier molecular flexibility index (Phi) is 5.63. The SMILES string of the molecule is CN(CCN1CCCC1)C(CN)c1cc(Br)cs1. The van der Waals surface area contributed by atoms with Crippen LogP contribution in [-0.2, 0) is 0 Å². The highest BCUT2D eigenvalue weighted by atomic mass is 79.9. The lowest BCUT2D eigenvalue weighted by Crippen LogP contribution is -2.36. The third kappa shape index (κ3) is 3.78. The van der Waals surface area contributed by atoms with Crippen LogP contribution in [0.3, 0.4) is 0 Å². The fraction of sp³-hybridized carbons (Fsp3) is 0.692. The Bertz CT molecular complexity index is 363.